The highest BCUT2D eigenvalue weighted by Crippen LogP contribution is 2.27. The molecule has 1 N–H and O–H groups in total. The summed E-state index contributed by atoms with van der Waals surface area (Å²) in [6, 6.07) is 8.41. The average molecular weight is 257 g/mol. The second-order valence-corrected chi connectivity index (χ2v) is 5.07. The van der Waals surface area contributed by atoms with Crippen LogP contribution in [0, 0.1) is 0 Å². The Hall–Kier alpha value is -1.68. The highest BCUT2D eigenvalue weighted by atomic mass is 16.3. The summed E-state index contributed by atoms with van der Waals surface area (Å²) in [4.78, 5) is 11.4. The zero-order valence-electron chi connectivity index (χ0n) is 11.0. The quantitative estimate of drug-likeness (QED) is 0.913. The van der Waals surface area contributed by atoms with Crippen molar-refractivity contribution >= 4 is 16.9 Å². The molecule has 0 aliphatic heterocycles. The number of fused-ring (bicyclic) bond motifs is 1. The van der Waals surface area contributed by atoms with Gasteiger partial charge >= 0.3 is 0 Å². The van der Waals surface area contributed by atoms with Crippen molar-refractivity contribution in [2.45, 2.75) is 31.7 Å². The molecule has 2 aromatic rings. The minimum absolute atomic E-state index is 0.158. The molecule has 0 amide bonds. The van der Waals surface area contributed by atoms with Gasteiger partial charge in [-0.15, -0.1) is 0 Å². The van der Waals surface area contributed by atoms with Crippen molar-refractivity contribution in [1.82, 2.24) is 9.97 Å². The number of anilines is 1. The highest BCUT2D eigenvalue weighted by Gasteiger charge is 2.23. The number of aliphatic hydroxyl groups is 1. The summed E-state index contributed by atoms with van der Waals surface area (Å²) < 4.78 is 0. The number of hydrogen-bond donors (Lipinski definition) is 1. The van der Waals surface area contributed by atoms with Crippen molar-refractivity contribution in [2.75, 3.05) is 18.1 Å². The number of hydrogen-bond acceptors (Lipinski definition) is 4. The third-order valence-electron chi connectivity index (χ3n) is 3.84. The molecule has 4 heteroatoms. The van der Waals surface area contributed by atoms with E-state index in [9.17, 15) is 5.11 Å². The zero-order chi connectivity index (χ0) is 13.1. The first kappa shape index (κ1) is 12.4. The smallest absolute Gasteiger partial charge is 0.148 e. The van der Waals surface area contributed by atoms with Gasteiger partial charge < -0.3 is 10.0 Å². The molecule has 0 atom stereocenters. The fraction of sp³-hybridized carbons (Fsp3) is 0.467. The molecule has 1 fully saturated rings. The van der Waals surface area contributed by atoms with Gasteiger partial charge in [0.25, 0.3) is 0 Å². The maximum Gasteiger partial charge on any atom is 0.148 e. The van der Waals surface area contributed by atoms with Crippen molar-refractivity contribution in [1.29, 1.82) is 0 Å². The van der Waals surface area contributed by atoms with Gasteiger partial charge in [0.1, 0.15) is 5.82 Å². The normalized spacial score (nSPS) is 16.1. The van der Waals surface area contributed by atoms with Crippen LogP contribution in [0.1, 0.15) is 25.7 Å². The van der Waals surface area contributed by atoms with Crippen LogP contribution in [0.5, 0.6) is 0 Å². The van der Waals surface area contributed by atoms with Crippen molar-refractivity contribution in [3.05, 3.63) is 30.5 Å². The van der Waals surface area contributed by atoms with Gasteiger partial charge in [0.2, 0.25) is 0 Å². The predicted molar refractivity (Wildman–Crippen MR) is 76.2 cm³/mol. The standard InChI is InChI=1S/C15H19N3O/c19-10-9-18(12-5-1-2-6-12)15-11-16-13-7-3-4-8-14(13)17-15/h3-4,7-8,11-12,19H,1-2,5-6,9-10H2. The summed E-state index contributed by atoms with van der Waals surface area (Å²) in [6.45, 7) is 0.794. The van der Waals surface area contributed by atoms with Crippen molar-refractivity contribution in [3.8, 4) is 0 Å². The van der Waals surface area contributed by atoms with Crippen LogP contribution in [-0.4, -0.2) is 34.3 Å². The second kappa shape index (κ2) is 5.53. The van der Waals surface area contributed by atoms with Crippen molar-refractivity contribution in [2.24, 2.45) is 0 Å². The van der Waals surface area contributed by atoms with E-state index in [1.807, 2.05) is 30.5 Å². The summed E-state index contributed by atoms with van der Waals surface area (Å²) in [5, 5.41) is 9.28. The molecular weight excluding hydrogens is 238 g/mol. The molecule has 0 saturated heterocycles. The first-order valence-electron chi connectivity index (χ1n) is 6.98. The van der Waals surface area contributed by atoms with Crippen LogP contribution in [0.4, 0.5) is 5.82 Å². The predicted octanol–water partition coefficient (Wildman–Crippen LogP) is 2.37. The van der Waals surface area contributed by atoms with Gasteiger partial charge in [-0.3, -0.25) is 4.98 Å². The lowest BCUT2D eigenvalue weighted by Crippen LogP contribution is -2.36. The van der Waals surface area contributed by atoms with Crippen LogP contribution in [0.25, 0.3) is 11.0 Å². The molecule has 0 spiro atoms. The monoisotopic (exact) mass is 257 g/mol. The van der Waals surface area contributed by atoms with Gasteiger partial charge in [0.15, 0.2) is 0 Å². The summed E-state index contributed by atoms with van der Waals surface area (Å²) >= 11 is 0. The minimum Gasteiger partial charge on any atom is -0.395 e. The number of benzene rings is 1. The molecule has 0 radical (unpaired) electrons. The van der Waals surface area contributed by atoms with Gasteiger partial charge in [0, 0.05) is 12.6 Å². The van der Waals surface area contributed by atoms with Crippen LogP contribution >= 0.6 is 0 Å². The Labute approximate surface area is 113 Å². The molecule has 1 aliphatic carbocycles. The Bertz CT molecular complexity index is 552. The number of para-hydroxylation sites is 2. The van der Waals surface area contributed by atoms with Gasteiger partial charge in [0.05, 0.1) is 23.8 Å². The molecule has 1 aliphatic rings. The van der Waals surface area contributed by atoms with E-state index in [0.717, 1.165) is 16.9 Å². The van der Waals surface area contributed by atoms with Crippen LogP contribution in [0.15, 0.2) is 30.5 Å². The second-order valence-electron chi connectivity index (χ2n) is 5.07. The Morgan fingerprint density at radius 3 is 2.63 bits per heavy atom. The Balaban J connectivity index is 1.94. The fourth-order valence-electron chi connectivity index (χ4n) is 2.89. The molecule has 100 valence electrons. The van der Waals surface area contributed by atoms with Gasteiger partial charge in [-0.05, 0) is 25.0 Å². The topological polar surface area (TPSA) is 49.2 Å². The highest BCUT2D eigenvalue weighted by molar-refractivity contribution is 5.75. The summed E-state index contributed by atoms with van der Waals surface area (Å²) in [5.74, 6) is 0.889. The maximum atomic E-state index is 9.28. The lowest BCUT2D eigenvalue weighted by atomic mass is 10.2. The van der Waals surface area contributed by atoms with Crippen LogP contribution in [-0.2, 0) is 0 Å². The van der Waals surface area contributed by atoms with Crippen LogP contribution in [0.2, 0.25) is 0 Å². The first-order valence-corrected chi connectivity index (χ1v) is 6.98. The lowest BCUT2D eigenvalue weighted by molar-refractivity contribution is 0.297. The van der Waals surface area contributed by atoms with Crippen LogP contribution in [0.3, 0.4) is 0 Å². The van der Waals surface area contributed by atoms with E-state index in [0.29, 0.717) is 12.6 Å². The van der Waals surface area contributed by atoms with Crippen LogP contribution < -0.4 is 4.90 Å². The van der Waals surface area contributed by atoms with E-state index in [2.05, 4.69) is 9.88 Å². The van der Waals surface area contributed by atoms with E-state index in [-0.39, 0.29) is 6.61 Å². The maximum absolute atomic E-state index is 9.28. The first-order chi connectivity index (χ1) is 9.38. The molecule has 1 saturated carbocycles. The number of aromatic nitrogens is 2. The van der Waals surface area contributed by atoms with Crippen molar-refractivity contribution in [3.63, 3.8) is 0 Å². The summed E-state index contributed by atoms with van der Waals surface area (Å²) in [7, 11) is 0. The molecule has 3 rings (SSSR count). The van der Waals surface area contributed by atoms with Gasteiger partial charge in [-0.25, -0.2) is 4.98 Å². The molecule has 19 heavy (non-hydrogen) atoms. The molecule has 1 aromatic heterocycles. The molecule has 1 heterocycles. The fourth-order valence-corrected chi connectivity index (χ4v) is 2.89. The third-order valence-corrected chi connectivity index (χ3v) is 3.84. The third kappa shape index (κ3) is 2.54. The Kier molecular flexibility index (Phi) is 3.60. The molecule has 0 unspecified atom stereocenters. The lowest BCUT2D eigenvalue weighted by Gasteiger charge is -2.29. The number of aliphatic hydroxyl groups excluding tert-OH is 1. The minimum atomic E-state index is 0.158. The van der Waals surface area contributed by atoms with Gasteiger partial charge in [-0.1, -0.05) is 25.0 Å². The van der Waals surface area contributed by atoms with E-state index < -0.39 is 0 Å². The number of rotatable bonds is 4. The summed E-state index contributed by atoms with van der Waals surface area (Å²) in [6.07, 6.45) is 6.75. The molecule has 4 nitrogen and oxygen atoms in total. The largest absolute Gasteiger partial charge is 0.395 e. The Morgan fingerprint density at radius 2 is 1.89 bits per heavy atom. The molecule has 1 aromatic carbocycles. The Morgan fingerprint density at radius 1 is 1.16 bits per heavy atom. The van der Waals surface area contributed by atoms with Gasteiger partial charge in [-0.2, -0.15) is 0 Å². The average Bonchev–Trinajstić information content (AvgIpc) is 2.98. The molecule has 0 bridgehead atoms. The van der Waals surface area contributed by atoms with E-state index in [1.54, 1.807) is 0 Å². The molecular formula is C15H19N3O. The SMILES string of the molecule is OCCN(c1cnc2ccccc2n1)C1CCCC1. The van der Waals surface area contributed by atoms with Crippen molar-refractivity contribution < 1.29 is 5.11 Å². The summed E-state index contributed by atoms with van der Waals surface area (Å²) in [5.41, 5.74) is 1.84. The van der Waals surface area contributed by atoms with E-state index in [1.165, 1.54) is 25.7 Å². The van der Waals surface area contributed by atoms with E-state index >= 15 is 0 Å². The number of nitrogens with zero attached hydrogens (tertiary/aromatic N) is 3. The van der Waals surface area contributed by atoms with E-state index in [4.69, 9.17) is 4.98 Å². The zero-order valence-corrected chi connectivity index (χ0v) is 11.0.